The van der Waals surface area contributed by atoms with Crippen molar-refractivity contribution in [2.24, 2.45) is 0 Å². The highest BCUT2D eigenvalue weighted by atomic mass is 79.9. The molecule has 0 aliphatic carbocycles. The molecular weight excluding hydrogens is 446 g/mol. The fraction of sp³-hybridized carbons (Fsp3) is 0.458. The monoisotopic (exact) mass is 477 g/mol. The van der Waals surface area contributed by atoms with Crippen LogP contribution in [0.2, 0.25) is 0 Å². The van der Waals surface area contributed by atoms with Gasteiger partial charge in [-0.1, -0.05) is 32.9 Å². The molecule has 0 aromatic heterocycles. The Hall–Kier alpha value is -2.21. The van der Waals surface area contributed by atoms with Crippen LogP contribution in [0.3, 0.4) is 0 Å². The largest absolute Gasteiger partial charge is 0.493 e. The lowest BCUT2D eigenvalue weighted by atomic mass is 9.87. The molecule has 6 heteroatoms. The maximum atomic E-state index is 12.1. The predicted octanol–water partition coefficient (Wildman–Crippen LogP) is 5.28. The highest BCUT2D eigenvalue weighted by Gasteiger charge is 2.15. The topological polar surface area (TPSA) is 56.8 Å². The van der Waals surface area contributed by atoms with Crippen LogP contribution in [-0.2, 0) is 16.6 Å². The third kappa shape index (κ3) is 7.24. The number of hydrogen-bond acceptors (Lipinski definition) is 4. The van der Waals surface area contributed by atoms with Gasteiger partial charge in [0.1, 0.15) is 5.75 Å². The van der Waals surface area contributed by atoms with Crippen molar-refractivity contribution in [3.8, 4) is 17.2 Å². The van der Waals surface area contributed by atoms with Crippen LogP contribution in [0.4, 0.5) is 0 Å². The summed E-state index contributed by atoms with van der Waals surface area (Å²) in [6.07, 6.45) is 1.83. The number of methoxy groups -OCH3 is 2. The molecule has 0 spiro atoms. The molecule has 30 heavy (non-hydrogen) atoms. The molecule has 0 saturated carbocycles. The van der Waals surface area contributed by atoms with E-state index in [1.54, 1.807) is 14.2 Å². The third-order valence-corrected chi connectivity index (χ3v) is 5.41. The number of hydrogen-bond donors (Lipinski definition) is 1. The van der Waals surface area contributed by atoms with Gasteiger partial charge in [0.2, 0.25) is 5.91 Å². The standard InChI is InChI=1S/C24H32BrNO4/c1-24(2,3)18-9-11-20(19(25)16-18)30-14-6-7-23(27)26-13-12-17-8-10-21(28-4)22(15-17)29-5/h8-11,15-16H,6-7,12-14H2,1-5H3,(H,26,27). The first-order chi connectivity index (χ1) is 14.2. The van der Waals surface area contributed by atoms with E-state index in [9.17, 15) is 4.79 Å². The molecule has 2 aromatic rings. The summed E-state index contributed by atoms with van der Waals surface area (Å²) in [5.74, 6) is 2.23. The molecule has 0 aliphatic heterocycles. The Morgan fingerprint density at radius 3 is 2.33 bits per heavy atom. The van der Waals surface area contributed by atoms with E-state index in [1.807, 2.05) is 24.3 Å². The molecule has 0 unspecified atom stereocenters. The number of halogens is 1. The van der Waals surface area contributed by atoms with Gasteiger partial charge in [-0.25, -0.2) is 0 Å². The van der Waals surface area contributed by atoms with E-state index < -0.39 is 0 Å². The molecule has 164 valence electrons. The van der Waals surface area contributed by atoms with Gasteiger partial charge in [-0.3, -0.25) is 4.79 Å². The van der Waals surface area contributed by atoms with Crippen LogP contribution in [0.1, 0.15) is 44.7 Å². The van der Waals surface area contributed by atoms with Crippen molar-refractivity contribution in [3.63, 3.8) is 0 Å². The zero-order valence-electron chi connectivity index (χ0n) is 18.5. The summed E-state index contributed by atoms with van der Waals surface area (Å²) in [6, 6.07) is 11.9. The molecule has 0 atom stereocenters. The fourth-order valence-electron chi connectivity index (χ4n) is 2.97. The van der Waals surface area contributed by atoms with E-state index in [2.05, 4.69) is 54.2 Å². The quantitative estimate of drug-likeness (QED) is 0.472. The summed E-state index contributed by atoms with van der Waals surface area (Å²) in [7, 11) is 3.23. The van der Waals surface area contributed by atoms with Crippen LogP contribution in [-0.4, -0.2) is 33.3 Å². The van der Waals surface area contributed by atoms with Gasteiger partial charge in [-0.15, -0.1) is 0 Å². The third-order valence-electron chi connectivity index (χ3n) is 4.79. The highest BCUT2D eigenvalue weighted by molar-refractivity contribution is 9.10. The predicted molar refractivity (Wildman–Crippen MR) is 124 cm³/mol. The molecular formula is C24H32BrNO4. The number of amides is 1. The average molecular weight is 478 g/mol. The van der Waals surface area contributed by atoms with Crippen molar-refractivity contribution in [1.82, 2.24) is 5.32 Å². The molecule has 0 saturated heterocycles. The van der Waals surface area contributed by atoms with Gasteiger partial charge >= 0.3 is 0 Å². The van der Waals surface area contributed by atoms with Crippen LogP contribution in [0.25, 0.3) is 0 Å². The molecule has 0 bridgehead atoms. The number of carbonyl (C=O) groups excluding carboxylic acids is 1. The van der Waals surface area contributed by atoms with Crippen LogP contribution in [0.15, 0.2) is 40.9 Å². The van der Waals surface area contributed by atoms with Gasteiger partial charge in [0.15, 0.2) is 11.5 Å². The van der Waals surface area contributed by atoms with Crippen molar-refractivity contribution < 1.29 is 19.0 Å². The smallest absolute Gasteiger partial charge is 0.220 e. The first-order valence-electron chi connectivity index (χ1n) is 10.1. The molecule has 0 aliphatic rings. The van der Waals surface area contributed by atoms with Crippen LogP contribution >= 0.6 is 15.9 Å². The lowest BCUT2D eigenvalue weighted by Gasteiger charge is -2.20. The molecule has 0 radical (unpaired) electrons. The van der Waals surface area contributed by atoms with Gasteiger partial charge in [0.05, 0.1) is 25.3 Å². The van der Waals surface area contributed by atoms with E-state index in [1.165, 1.54) is 5.56 Å². The van der Waals surface area contributed by atoms with E-state index >= 15 is 0 Å². The van der Waals surface area contributed by atoms with Crippen molar-refractivity contribution in [1.29, 1.82) is 0 Å². The molecule has 0 heterocycles. The molecule has 5 nitrogen and oxygen atoms in total. The zero-order chi connectivity index (χ0) is 22.1. The van der Waals surface area contributed by atoms with E-state index in [0.29, 0.717) is 37.5 Å². The Kier molecular flexibility index (Phi) is 9.03. The average Bonchev–Trinajstić information content (AvgIpc) is 2.71. The summed E-state index contributed by atoms with van der Waals surface area (Å²) >= 11 is 3.58. The Morgan fingerprint density at radius 2 is 1.70 bits per heavy atom. The second-order valence-electron chi connectivity index (χ2n) is 8.14. The Bertz CT molecular complexity index is 846. The maximum Gasteiger partial charge on any atom is 0.220 e. The summed E-state index contributed by atoms with van der Waals surface area (Å²) in [6.45, 7) is 7.61. The van der Waals surface area contributed by atoms with Gasteiger partial charge in [-0.2, -0.15) is 0 Å². The lowest BCUT2D eigenvalue weighted by molar-refractivity contribution is -0.121. The number of rotatable bonds is 10. The minimum Gasteiger partial charge on any atom is -0.493 e. The maximum absolute atomic E-state index is 12.1. The molecule has 1 amide bonds. The number of carbonyl (C=O) groups is 1. The Balaban J connectivity index is 1.69. The van der Waals surface area contributed by atoms with Crippen LogP contribution in [0, 0.1) is 0 Å². The SMILES string of the molecule is COc1ccc(CCNC(=O)CCCOc2ccc(C(C)(C)C)cc2Br)cc1OC. The van der Waals surface area contributed by atoms with E-state index in [4.69, 9.17) is 14.2 Å². The highest BCUT2D eigenvalue weighted by Crippen LogP contribution is 2.31. The number of nitrogens with one attached hydrogen (secondary N) is 1. The second-order valence-corrected chi connectivity index (χ2v) is 8.99. The first kappa shape index (κ1) is 24.1. The summed E-state index contributed by atoms with van der Waals surface area (Å²) in [5, 5.41) is 2.96. The van der Waals surface area contributed by atoms with E-state index in [0.717, 1.165) is 22.2 Å². The molecule has 1 N–H and O–H groups in total. The first-order valence-corrected chi connectivity index (χ1v) is 10.9. The normalized spacial score (nSPS) is 11.1. The van der Waals surface area contributed by atoms with Gasteiger partial charge in [-0.05, 0) is 69.6 Å². The van der Waals surface area contributed by atoms with Gasteiger partial charge < -0.3 is 19.5 Å². The fourth-order valence-corrected chi connectivity index (χ4v) is 3.46. The zero-order valence-corrected chi connectivity index (χ0v) is 20.1. The van der Waals surface area contributed by atoms with Gasteiger partial charge in [0, 0.05) is 13.0 Å². The minimum atomic E-state index is 0.0289. The lowest BCUT2D eigenvalue weighted by Crippen LogP contribution is -2.25. The summed E-state index contributed by atoms with van der Waals surface area (Å²) in [5.41, 5.74) is 2.42. The minimum absolute atomic E-state index is 0.0289. The number of benzene rings is 2. The summed E-state index contributed by atoms with van der Waals surface area (Å²) < 4.78 is 17.3. The second kappa shape index (κ2) is 11.3. The van der Waals surface area contributed by atoms with Crippen LogP contribution in [0.5, 0.6) is 17.2 Å². The number of ether oxygens (including phenoxy) is 3. The van der Waals surface area contributed by atoms with E-state index in [-0.39, 0.29) is 11.3 Å². The van der Waals surface area contributed by atoms with Crippen molar-refractivity contribution in [2.45, 2.75) is 45.4 Å². The van der Waals surface area contributed by atoms with Crippen LogP contribution < -0.4 is 19.5 Å². The molecule has 2 aromatic carbocycles. The molecule has 0 fully saturated rings. The van der Waals surface area contributed by atoms with Gasteiger partial charge in [0.25, 0.3) is 0 Å². The van der Waals surface area contributed by atoms with Crippen molar-refractivity contribution in [2.75, 3.05) is 27.4 Å². The van der Waals surface area contributed by atoms with Crippen molar-refractivity contribution >= 4 is 21.8 Å². The Morgan fingerprint density at radius 1 is 1.00 bits per heavy atom. The summed E-state index contributed by atoms with van der Waals surface area (Å²) in [4.78, 5) is 12.1. The van der Waals surface area contributed by atoms with Crippen molar-refractivity contribution in [3.05, 3.63) is 52.0 Å². The Labute approximate surface area is 188 Å². The molecule has 2 rings (SSSR count).